The number of hydrogen-bond acceptors (Lipinski definition) is 4. The number of benzene rings is 2. The number of rotatable bonds is 8. The maximum atomic E-state index is 13.2. The number of carbonyl (C=O) groups is 1. The summed E-state index contributed by atoms with van der Waals surface area (Å²) in [6.07, 6.45) is 4.62. The summed E-state index contributed by atoms with van der Waals surface area (Å²) in [5, 5.41) is 12.5. The Bertz CT molecular complexity index is 1140. The van der Waals surface area contributed by atoms with Gasteiger partial charge in [0.05, 0.1) is 12.3 Å². The van der Waals surface area contributed by atoms with E-state index in [1.807, 2.05) is 42.5 Å². The van der Waals surface area contributed by atoms with Gasteiger partial charge in [-0.2, -0.15) is 0 Å². The molecule has 1 amide bonds. The molecule has 0 aliphatic carbocycles. The van der Waals surface area contributed by atoms with Gasteiger partial charge in [-0.25, -0.2) is 4.39 Å². The predicted molar refractivity (Wildman–Crippen MR) is 123 cm³/mol. The largest absolute Gasteiger partial charge is 0.396 e. The van der Waals surface area contributed by atoms with Gasteiger partial charge in [0, 0.05) is 42.1 Å². The molecule has 2 aromatic carbocycles. The number of aliphatic imine (C=N–C) groups is 1. The molecule has 4 rings (SSSR count). The molecule has 32 heavy (non-hydrogen) atoms. The molecule has 1 aliphatic heterocycles. The van der Waals surface area contributed by atoms with Gasteiger partial charge in [0.15, 0.2) is 0 Å². The second kappa shape index (κ2) is 10.1. The monoisotopic (exact) mass is 429 g/mol. The number of amides is 1. The fourth-order valence-electron chi connectivity index (χ4n) is 3.75. The topological polar surface area (TPSA) is 74.6 Å². The van der Waals surface area contributed by atoms with Crippen LogP contribution in [0.4, 0.5) is 4.39 Å². The predicted octanol–water partition coefficient (Wildman–Crippen LogP) is 3.83. The highest BCUT2D eigenvalue weighted by Crippen LogP contribution is 2.23. The maximum Gasteiger partial charge on any atom is 0.252 e. The molecule has 2 heterocycles. The Hall–Kier alpha value is -3.64. The molecule has 162 valence electrons. The zero-order valence-electron chi connectivity index (χ0n) is 17.5. The lowest BCUT2D eigenvalue weighted by molar-refractivity contribution is 0.0930. The lowest BCUT2D eigenvalue weighted by atomic mass is 9.99. The van der Waals surface area contributed by atoms with Gasteiger partial charge >= 0.3 is 0 Å². The minimum Gasteiger partial charge on any atom is -0.396 e. The Morgan fingerprint density at radius 2 is 1.84 bits per heavy atom. The van der Waals surface area contributed by atoms with Gasteiger partial charge in [-0.3, -0.25) is 14.8 Å². The number of nitrogens with zero attached hydrogens (tertiary/aromatic N) is 2. The van der Waals surface area contributed by atoms with Gasteiger partial charge in [0.2, 0.25) is 0 Å². The summed E-state index contributed by atoms with van der Waals surface area (Å²) < 4.78 is 13.2. The van der Waals surface area contributed by atoms with Crippen molar-refractivity contribution >= 4 is 17.2 Å². The standard InChI is InChI=1S/C26H24FN3O2/c27-20-10-8-18(9-11-20)19-15-25(29-17-19)23-6-1-2-7-24(23)26(32)30-22(12-14-31)16-21-5-3-4-13-28-21/h1-11,13,15,22,31H,12,14,16-17H2,(H,30,32). The first-order chi connectivity index (χ1) is 15.6. The van der Waals surface area contributed by atoms with E-state index in [1.165, 1.54) is 12.1 Å². The van der Waals surface area contributed by atoms with Crippen LogP contribution in [-0.2, 0) is 6.42 Å². The summed E-state index contributed by atoms with van der Waals surface area (Å²) in [5.41, 5.74) is 4.72. The Morgan fingerprint density at radius 1 is 1.06 bits per heavy atom. The Morgan fingerprint density at radius 3 is 2.59 bits per heavy atom. The van der Waals surface area contributed by atoms with Crippen LogP contribution in [0.15, 0.2) is 84.0 Å². The van der Waals surface area contributed by atoms with Gasteiger partial charge in [0.1, 0.15) is 5.82 Å². The van der Waals surface area contributed by atoms with Crippen LogP contribution in [0.2, 0.25) is 0 Å². The number of carbonyl (C=O) groups excluding carboxylic acids is 1. The van der Waals surface area contributed by atoms with Crippen molar-refractivity contribution in [1.82, 2.24) is 10.3 Å². The molecule has 2 N–H and O–H groups in total. The average molecular weight is 429 g/mol. The zero-order chi connectivity index (χ0) is 22.3. The highest BCUT2D eigenvalue weighted by atomic mass is 19.1. The van der Waals surface area contributed by atoms with Crippen molar-refractivity contribution in [3.8, 4) is 0 Å². The van der Waals surface area contributed by atoms with E-state index in [-0.39, 0.29) is 24.4 Å². The van der Waals surface area contributed by atoms with Crippen LogP contribution in [0.25, 0.3) is 5.57 Å². The second-order valence-electron chi connectivity index (χ2n) is 7.63. The second-order valence-corrected chi connectivity index (χ2v) is 7.63. The minimum atomic E-state index is -0.279. The van der Waals surface area contributed by atoms with Gasteiger partial charge in [-0.1, -0.05) is 36.4 Å². The molecule has 0 fully saturated rings. The van der Waals surface area contributed by atoms with E-state index in [9.17, 15) is 14.3 Å². The third-order valence-corrected chi connectivity index (χ3v) is 5.39. The lowest BCUT2D eigenvalue weighted by Crippen LogP contribution is -2.38. The van der Waals surface area contributed by atoms with Gasteiger partial charge < -0.3 is 10.4 Å². The normalized spacial score (nSPS) is 13.9. The quantitative estimate of drug-likeness (QED) is 0.572. The van der Waals surface area contributed by atoms with Crippen molar-refractivity contribution in [3.05, 3.63) is 107 Å². The smallest absolute Gasteiger partial charge is 0.252 e. The first-order valence-electron chi connectivity index (χ1n) is 10.6. The number of halogens is 1. The lowest BCUT2D eigenvalue weighted by Gasteiger charge is -2.18. The minimum absolute atomic E-state index is 0.0318. The third-order valence-electron chi connectivity index (χ3n) is 5.39. The molecular weight excluding hydrogens is 405 g/mol. The first-order valence-corrected chi connectivity index (χ1v) is 10.6. The van der Waals surface area contributed by atoms with Crippen molar-refractivity contribution in [2.45, 2.75) is 18.9 Å². The van der Waals surface area contributed by atoms with E-state index in [1.54, 1.807) is 24.4 Å². The molecule has 1 unspecified atom stereocenters. The SMILES string of the molecule is O=C(NC(CCO)Cc1ccccn1)c1ccccc1C1=NCC(c2ccc(F)cc2)=C1. The number of aliphatic hydroxyl groups is 1. The first kappa shape index (κ1) is 21.6. The summed E-state index contributed by atoms with van der Waals surface area (Å²) in [4.78, 5) is 22.1. The number of aliphatic hydroxyl groups excluding tert-OH is 1. The van der Waals surface area contributed by atoms with Crippen molar-refractivity contribution in [3.63, 3.8) is 0 Å². The summed E-state index contributed by atoms with van der Waals surface area (Å²) in [6, 6.07) is 19.1. The molecule has 1 aromatic heterocycles. The Balaban J connectivity index is 1.53. The molecule has 0 radical (unpaired) electrons. The van der Waals surface area contributed by atoms with E-state index in [0.717, 1.165) is 28.1 Å². The molecule has 3 aromatic rings. The molecule has 1 aliphatic rings. The molecule has 0 spiro atoms. The number of aromatic nitrogens is 1. The van der Waals surface area contributed by atoms with E-state index in [0.29, 0.717) is 24.9 Å². The van der Waals surface area contributed by atoms with E-state index < -0.39 is 0 Å². The van der Waals surface area contributed by atoms with E-state index in [2.05, 4.69) is 15.3 Å². The van der Waals surface area contributed by atoms with Crippen LogP contribution in [0.1, 0.15) is 33.6 Å². The Kier molecular flexibility index (Phi) is 6.82. The summed E-state index contributed by atoms with van der Waals surface area (Å²) in [5.74, 6) is -0.500. The maximum absolute atomic E-state index is 13.2. The van der Waals surface area contributed by atoms with E-state index in [4.69, 9.17) is 0 Å². The van der Waals surface area contributed by atoms with Crippen molar-refractivity contribution in [2.75, 3.05) is 13.2 Å². The number of allylic oxidation sites excluding steroid dienone is 1. The molecule has 0 saturated carbocycles. The van der Waals surface area contributed by atoms with Gasteiger partial charge in [0.25, 0.3) is 5.91 Å². The average Bonchev–Trinajstić information content (AvgIpc) is 3.30. The van der Waals surface area contributed by atoms with Gasteiger partial charge in [-0.15, -0.1) is 0 Å². The van der Waals surface area contributed by atoms with E-state index >= 15 is 0 Å². The molecule has 1 atom stereocenters. The highest BCUT2D eigenvalue weighted by Gasteiger charge is 2.20. The summed E-state index contributed by atoms with van der Waals surface area (Å²) in [7, 11) is 0. The molecule has 6 heteroatoms. The van der Waals surface area contributed by atoms with Crippen LogP contribution in [0, 0.1) is 5.82 Å². The van der Waals surface area contributed by atoms with Gasteiger partial charge in [-0.05, 0) is 54.0 Å². The molecule has 5 nitrogen and oxygen atoms in total. The molecule has 0 saturated heterocycles. The van der Waals surface area contributed by atoms with Crippen molar-refractivity contribution in [2.24, 2.45) is 4.99 Å². The summed E-state index contributed by atoms with van der Waals surface area (Å²) >= 11 is 0. The third kappa shape index (κ3) is 5.15. The fraction of sp³-hybridized carbons (Fsp3) is 0.192. The van der Waals surface area contributed by atoms with Crippen LogP contribution < -0.4 is 5.32 Å². The Labute approximate surface area is 186 Å². The van der Waals surface area contributed by atoms with Crippen LogP contribution in [0.5, 0.6) is 0 Å². The number of pyridine rings is 1. The zero-order valence-corrected chi connectivity index (χ0v) is 17.5. The van der Waals surface area contributed by atoms with Crippen LogP contribution >= 0.6 is 0 Å². The number of hydrogen-bond donors (Lipinski definition) is 2. The summed E-state index contributed by atoms with van der Waals surface area (Å²) in [6.45, 7) is 0.444. The molecule has 0 bridgehead atoms. The van der Waals surface area contributed by atoms with Crippen LogP contribution in [-0.4, -0.2) is 40.9 Å². The highest BCUT2D eigenvalue weighted by molar-refractivity contribution is 6.19. The number of nitrogens with one attached hydrogen (secondary N) is 1. The fourth-order valence-corrected chi connectivity index (χ4v) is 3.75. The van der Waals surface area contributed by atoms with Crippen molar-refractivity contribution in [1.29, 1.82) is 0 Å². The van der Waals surface area contributed by atoms with Crippen molar-refractivity contribution < 1.29 is 14.3 Å². The molecular formula is C26H24FN3O2. The van der Waals surface area contributed by atoms with Crippen LogP contribution in [0.3, 0.4) is 0 Å².